The summed E-state index contributed by atoms with van der Waals surface area (Å²) in [5, 5.41) is 2.87. The number of amides is 1. The molecule has 1 aromatic rings. The van der Waals surface area contributed by atoms with E-state index in [4.69, 9.17) is 5.73 Å². The third-order valence-electron chi connectivity index (χ3n) is 3.67. The van der Waals surface area contributed by atoms with Crippen molar-refractivity contribution in [1.29, 1.82) is 0 Å². The van der Waals surface area contributed by atoms with Gasteiger partial charge in [-0.25, -0.2) is 0 Å². The van der Waals surface area contributed by atoms with Crippen LogP contribution in [-0.4, -0.2) is 50.6 Å². The molecule has 0 aliphatic carbocycles. The predicted octanol–water partition coefficient (Wildman–Crippen LogP) is 1.16. The Labute approximate surface area is 120 Å². The summed E-state index contributed by atoms with van der Waals surface area (Å²) in [4.78, 5) is 16.5. The number of carbonyl (C=O) groups is 1. The Kier molecular flexibility index (Phi) is 4.84. The number of nitrogens with zero attached hydrogens (tertiary/aromatic N) is 2. The molecule has 0 spiro atoms. The van der Waals surface area contributed by atoms with Crippen LogP contribution in [0.15, 0.2) is 18.2 Å². The highest BCUT2D eigenvalue weighted by atomic mass is 16.1. The molecule has 1 aromatic carbocycles. The van der Waals surface area contributed by atoms with Crippen molar-refractivity contribution >= 4 is 17.3 Å². The maximum atomic E-state index is 11.9. The highest BCUT2D eigenvalue weighted by molar-refractivity contribution is 5.96. The van der Waals surface area contributed by atoms with E-state index in [1.165, 1.54) is 0 Å². The van der Waals surface area contributed by atoms with Crippen LogP contribution in [0.4, 0.5) is 11.4 Å². The van der Waals surface area contributed by atoms with Crippen LogP contribution in [0.3, 0.4) is 0 Å². The summed E-state index contributed by atoms with van der Waals surface area (Å²) in [7, 11) is 2.13. The number of nitrogen functional groups attached to an aromatic ring is 1. The van der Waals surface area contributed by atoms with Gasteiger partial charge < -0.3 is 20.9 Å². The predicted molar refractivity (Wildman–Crippen MR) is 83.2 cm³/mol. The molecular formula is C15H24N4O. The molecule has 0 radical (unpaired) electrons. The van der Waals surface area contributed by atoms with Crippen molar-refractivity contribution in [3.05, 3.63) is 23.8 Å². The fourth-order valence-corrected chi connectivity index (χ4v) is 2.37. The second-order valence-electron chi connectivity index (χ2n) is 5.32. The second-order valence-corrected chi connectivity index (χ2v) is 5.32. The average Bonchev–Trinajstić information content (AvgIpc) is 2.46. The van der Waals surface area contributed by atoms with Crippen molar-refractivity contribution in [2.24, 2.45) is 0 Å². The number of carbonyl (C=O) groups excluding carboxylic acids is 1. The zero-order chi connectivity index (χ0) is 14.5. The minimum absolute atomic E-state index is 0.0523. The summed E-state index contributed by atoms with van der Waals surface area (Å²) in [5.41, 5.74) is 8.46. The molecule has 5 nitrogen and oxygen atoms in total. The van der Waals surface area contributed by atoms with E-state index in [0.29, 0.717) is 17.8 Å². The molecule has 1 aliphatic rings. The molecule has 1 aliphatic heterocycles. The number of likely N-dealkylation sites (N-methyl/N-ethyl adjacent to an activating group) is 1. The van der Waals surface area contributed by atoms with Crippen LogP contribution in [0, 0.1) is 0 Å². The van der Waals surface area contributed by atoms with Crippen molar-refractivity contribution < 1.29 is 4.79 Å². The first kappa shape index (κ1) is 14.7. The van der Waals surface area contributed by atoms with Gasteiger partial charge in [-0.2, -0.15) is 0 Å². The third kappa shape index (κ3) is 3.42. The van der Waals surface area contributed by atoms with Gasteiger partial charge in [-0.1, -0.05) is 6.92 Å². The molecular weight excluding hydrogens is 252 g/mol. The number of anilines is 2. The fourth-order valence-electron chi connectivity index (χ4n) is 2.37. The summed E-state index contributed by atoms with van der Waals surface area (Å²) < 4.78 is 0. The lowest BCUT2D eigenvalue weighted by Gasteiger charge is -2.34. The van der Waals surface area contributed by atoms with Crippen LogP contribution >= 0.6 is 0 Å². The van der Waals surface area contributed by atoms with Crippen molar-refractivity contribution in [2.75, 3.05) is 50.4 Å². The first-order chi connectivity index (χ1) is 9.61. The van der Waals surface area contributed by atoms with Crippen LogP contribution in [0.25, 0.3) is 0 Å². The van der Waals surface area contributed by atoms with E-state index in [-0.39, 0.29) is 5.91 Å². The number of rotatable bonds is 4. The van der Waals surface area contributed by atoms with Crippen LogP contribution < -0.4 is 16.0 Å². The van der Waals surface area contributed by atoms with Crippen LogP contribution in [0.1, 0.15) is 23.7 Å². The van der Waals surface area contributed by atoms with Gasteiger partial charge in [0.25, 0.3) is 5.91 Å². The monoisotopic (exact) mass is 276 g/mol. The Hall–Kier alpha value is -1.75. The van der Waals surface area contributed by atoms with Gasteiger partial charge in [0.15, 0.2) is 0 Å². The highest BCUT2D eigenvalue weighted by Gasteiger charge is 2.17. The molecule has 0 unspecified atom stereocenters. The zero-order valence-corrected chi connectivity index (χ0v) is 12.4. The smallest absolute Gasteiger partial charge is 0.251 e. The summed E-state index contributed by atoms with van der Waals surface area (Å²) >= 11 is 0. The Balaban J connectivity index is 2.07. The summed E-state index contributed by atoms with van der Waals surface area (Å²) in [5.74, 6) is -0.0523. The van der Waals surface area contributed by atoms with Crippen LogP contribution in [0.2, 0.25) is 0 Å². The standard InChI is InChI=1S/C15H24N4O/c1-3-6-17-15(20)12-4-5-14(13(16)11-12)19-9-7-18(2)8-10-19/h4-5,11H,3,6-10,16H2,1-2H3,(H,17,20). The maximum absolute atomic E-state index is 11.9. The lowest BCUT2D eigenvalue weighted by molar-refractivity contribution is 0.0953. The molecule has 110 valence electrons. The number of hydrogen-bond donors (Lipinski definition) is 2. The van der Waals surface area contributed by atoms with Gasteiger partial charge in [0.05, 0.1) is 11.4 Å². The molecule has 1 fully saturated rings. The molecule has 1 saturated heterocycles. The molecule has 3 N–H and O–H groups in total. The van der Waals surface area contributed by atoms with Crippen LogP contribution in [-0.2, 0) is 0 Å². The Bertz CT molecular complexity index is 467. The average molecular weight is 276 g/mol. The van der Waals surface area contributed by atoms with Gasteiger partial charge in [-0.15, -0.1) is 0 Å². The Morgan fingerprint density at radius 3 is 2.60 bits per heavy atom. The van der Waals surface area contributed by atoms with E-state index in [1.807, 2.05) is 19.1 Å². The Morgan fingerprint density at radius 2 is 2.00 bits per heavy atom. The molecule has 0 aromatic heterocycles. The number of nitrogens with two attached hydrogens (primary N) is 1. The van der Waals surface area contributed by atoms with Crippen molar-refractivity contribution in [1.82, 2.24) is 10.2 Å². The van der Waals surface area contributed by atoms with Crippen molar-refractivity contribution in [3.8, 4) is 0 Å². The van der Waals surface area contributed by atoms with Gasteiger partial charge in [0.2, 0.25) is 0 Å². The van der Waals surface area contributed by atoms with Gasteiger partial charge in [-0.05, 0) is 31.7 Å². The maximum Gasteiger partial charge on any atom is 0.251 e. The molecule has 5 heteroatoms. The lowest BCUT2D eigenvalue weighted by atomic mass is 10.1. The number of piperazine rings is 1. The number of benzene rings is 1. The largest absolute Gasteiger partial charge is 0.397 e. The summed E-state index contributed by atoms with van der Waals surface area (Å²) in [6, 6.07) is 5.59. The zero-order valence-electron chi connectivity index (χ0n) is 12.4. The quantitative estimate of drug-likeness (QED) is 0.810. The lowest BCUT2D eigenvalue weighted by Crippen LogP contribution is -2.44. The fraction of sp³-hybridized carbons (Fsp3) is 0.533. The van der Waals surface area contributed by atoms with Gasteiger partial charge in [0, 0.05) is 38.3 Å². The minimum Gasteiger partial charge on any atom is -0.397 e. The van der Waals surface area contributed by atoms with Crippen molar-refractivity contribution in [3.63, 3.8) is 0 Å². The summed E-state index contributed by atoms with van der Waals surface area (Å²) in [6.45, 7) is 6.75. The van der Waals surface area contributed by atoms with Crippen LogP contribution in [0.5, 0.6) is 0 Å². The van der Waals surface area contributed by atoms with Crippen molar-refractivity contribution in [2.45, 2.75) is 13.3 Å². The summed E-state index contributed by atoms with van der Waals surface area (Å²) in [6.07, 6.45) is 0.931. The molecule has 1 heterocycles. The molecule has 2 rings (SSSR count). The van der Waals surface area contributed by atoms with E-state index in [2.05, 4.69) is 22.2 Å². The first-order valence-corrected chi connectivity index (χ1v) is 7.23. The molecule has 0 atom stereocenters. The minimum atomic E-state index is -0.0523. The molecule has 0 saturated carbocycles. The van der Waals surface area contributed by atoms with E-state index < -0.39 is 0 Å². The van der Waals surface area contributed by atoms with E-state index >= 15 is 0 Å². The SMILES string of the molecule is CCCNC(=O)c1ccc(N2CCN(C)CC2)c(N)c1. The van der Waals surface area contributed by atoms with Gasteiger partial charge >= 0.3 is 0 Å². The van der Waals surface area contributed by atoms with E-state index in [9.17, 15) is 4.79 Å². The van der Waals surface area contributed by atoms with E-state index in [0.717, 1.165) is 38.3 Å². The third-order valence-corrected chi connectivity index (χ3v) is 3.67. The second kappa shape index (κ2) is 6.61. The topological polar surface area (TPSA) is 61.6 Å². The molecule has 1 amide bonds. The van der Waals surface area contributed by atoms with Gasteiger partial charge in [-0.3, -0.25) is 4.79 Å². The number of nitrogens with one attached hydrogen (secondary N) is 1. The number of hydrogen-bond acceptors (Lipinski definition) is 4. The first-order valence-electron chi connectivity index (χ1n) is 7.23. The highest BCUT2D eigenvalue weighted by Crippen LogP contribution is 2.25. The Morgan fingerprint density at radius 1 is 1.30 bits per heavy atom. The molecule has 0 bridgehead atoms. The van der Waals surface area contributed by atoms with Gasteiger partial charge in [0.1, 0.15) is 0 Å². The molecule has 20 heavy (non-hydrogen) atoms. The van der Waals surface area contributed by atoms with E-state index in [1.54, 1.807) is 6.07 Å². The normalized spacial score (nSPS) is 16.2.